The zero-order valence-electron chi connectivity index (χ0n) is 16.7. The smallest absolute Gasteiger partial charge is 0.357 e. The van der Waals surface area contributed by atoms with Gasteiger partial charge in [0.25, 0.3) is 0 Å². The van der Waals surface area contributed by atoms with Gasteiger partial charge in [0.15, 0.2) is 5.96 Å². The summed E-state index contributed by atoms with van der Waals surface area (Å²) in [7, 11) is 0. The second-order valence-corrected chi connectivity index (χ2v) is 6.93. The van der Waals surface area contributed by atoms with Crippen molar-refractivity contribution >= 4 is 41.0 Å². The third-order valence-corrected chi connectivity index (χ3v) is 5.02. The molecule has 3 rings (SSSR count). The van der Waals surface area contributed by atoms with Gasteiger partial charge < -0.3 is 15.2 Å². The summed E-state index contributed by atoms with van der Waals surface area (Å²) >= 11 is 0. The van der Waals surface area contributed by atoms with E-state index in [0.717, 1.165) is 22.8 Å². The lowest BCUT2D eigenvalue weighted by Gasteiger charge is -2.39. The van der Waals surface area contributed by atoms with Gasteiger partial charge >= 0.3 is 6.18 Å². The molecule has 1 unspecified atom stereocenters. The number of nitrogens with one attached hydrogen (secondary N) is 2. The lowest BCUT2D eigenvalue weighted by molar-refractivity contribution is -0.181. The quantitative estimate of drug-likeness (QED) is 0.359. The molecular formula is C19H28F3IN6. The van der Waals surface area contributed by atoms with Crippen molar-refractivity contribution in [3.05, 3.63) is 30.1 Å². The van der Waals surface area contributed by atoms with Crippen LogP contribution in [0.4, 0.5) is 13.2 Å². The van der Waals surface area contributed by atoms with Crippen molar-refractivity contribution in [1.29, 1.82) is 0 Å². The predicted octanol–water partition coefficient (Wildman–Crippen LogP) is 3.26. The SMILES string of the molecule is CCNC(=NCCc1nc2ccccc2[nH]1)N1CCN(C(C)C(F)(F)F)CC1.I. The number of hydrogen-bond donors (Lipinski definition) is 2. The number of halogens is 4. The van der Waals surface area contributed by atoms with Gasteiger partial charge in [0.05, 0.1) is 11.0 Å². The number of fused-ring (bicyclic) bond motifs is 1. The second-order valence-electron chi connectivity index (χ2n) is 6.93. The van der Waals surface area contributed by atoms with Crippen LogP contribution in [0.1, 0.15) is 19.7 Å². The Hall–Kier alpha value is -1.56. The average Bonchev–Trinajstić information content (AvgIpc) is 3.09. The minimum atomic E-state index is -4.19. The molecule has 0 bridgehead atoms. The summed E-state index contributed by atoms with van der Waals surface area (Å²) in [5.74, 6) is 1.63. The Labute approximate surface area is 186 Å². The van der Waals surface area contributed by atoms with Gasteiger partial charge in [0.2, 0.25) is 0 Å². The van der Waals surface area contributed by atoms with Crippen molar-refractivity contribution in [2.75, 3.05) is 39.3 Å². The van der Waals surface area contributed by atoms with Crippen LogP contribution in [0.25, 0.3) is 11.0 Å². The minimum Gasteiger partial charge on any atom is -0.357 e. The number of imidazole rings is 1. The summed E-state index contributed by atoms with van der Waals surface area (Å²) in [6.45, 7) is 6.26. The summed E-state index contributed by atoms with van der Waals surface area (Å²) < 4.78 is 38.7. The number of piperazine rings is 1. The molecule has 10 heteroatoms. The number of aromatic amines is 1. The number of benzene rings is 1. The molecule has 1 aliphatic heterocycles. The van der Waals surface area contributed by atoms with E-state index in [9.17, 15) is 13.2 Å². The van der Waals surface area contributed by atoms with E-state index >= 15 is 0 Å². The van der Waals surface area contributed by atoms with Crippen LogP contribution in [0, 0.1) is 0 Å². The molecule has 1 saturated heterocycles. The summed E-state index contributed by atoms with van der Waals surface area (Å²) in [5.41, 5.74) is 1.94. The molecule has 2 N–H and O–H groups in total. The van der Waals surface area contributed by atoms with E-state index in [1.807, 2.05) is 36.1 Å². The van der Waals surface area contributed by atoms with Crippen molar-refractivity contribution in [1.82, 2.24) is 25.1 Å². The van der Waals surface area contributed by atoms with Crippen molar-refractivity contribution in [3.63, 3.8) is 0 Å². The van der Waals surface area contributed by atoms with Gasteiger partial charge in [0.1, 0.15) is 11.9 Å². The average molecular weight is 524 g/mol. The minimum absolute atomic E-state index is 0. The van der Waals surface area contributed by atoms with Crippen LogP contribution >= 0.6 is 24.0 Å². The van der Waals surface area contributed by atoms with Crippen LogP contribution in [-0.2, 0) is 6.42 Å². The fraction of sp³-hybridized carbons (Fsp3) is 0.579. The maximum absolute atomic E-state index is 12.9. The van der Waals surface area contributed by atoms with Gasteiger partial charge in [-0.25, -0.2) is 4.98 Å². The molecule has 0 saturated carbocycles. The first-order chi connectivity index (χ1) is 13.4. The second kappa shape index (κ2) is 10.5. The number of nitrogens with zero attached hydrogens (tertiary/aromatic N) is 4. The fourth-order valence-electron chi connectivity index (χ4n) is 3.35. The Morgan fingerprint density at radius 3 is 2.55 bits per heavy atom. The maximum atomic E-state index is 12.9. The molecule has 0 aliphatic carbocycles. The predicted molar refractivity (Wildman–Crippen MR) is 120 cm³/mol. The van der Waals surface area contributed by atoms with Crippen LogP contribution in [0.5, 0.6) is 0 Å². The molecule has 0 radical (unpaired) electrons. The summed E-state index contributed by atoms with van der Waals surface area (Å²) in [6.07, 6.45) is -3.51. The number of hydrogen-bond acceptors (Lipinski definition) is 3. The molecule has 162 valence electrons. The molecular weight excluding hydrogens is 496 g/mol. The van der Waals surface area contributed by atoms with E-state index in [-0.39, 0.29) is 24.0 Å². The molecule has 0 amide bonds. The monoisotopic (exact) mass is 524 g/mol. The summed E-state index contributed by atoms with van der Waals surface area (Å²) in [4.78, 5) is 16.0. The zero-order chi connectivity index (χ0) is 20.1. The largest absolute Gasteiger partial charge is 0.403 e. The molecule has 1 aliphatic rings. The fourth-order valence-corrected chi connectivity index (χ4v) is 3.35. The molecule has 6 nitrogen and oxygen atoms in total. The van der Waals surface area contributed by atoms with E-state index in [1.54, 1.807) is 0 Å². The van der Waals surface area contributed by atoms with Gasteiger partial charge in [-0.3, -0.25) is 9.89 Å². The number of aromatic nitrogens is 2. The third-order valence-electron chi connectivity index (χ3n) is 5.02. The van der Waals surface area contributed by atoms with Crippen molar-refractivity contribution in [3.8, 4) is 0 Å². The lowest BCUT2D eigenvalue weighted by Crippen LogP contribution is -2.56. The van der Waals surface area contributed by atoms with E-state index in [4.69, 9.17) is 0 Å². The highest BCUT2D eigenvalue weighted by Gasteiger charge is 2.41. The highest BCUT2D eigenvalue weighted by Crippen LogP contribution is 2.25. The van der Waals surface area contributed by atoms with E-state index < -0.39 is 12.2 Å². The van der Waals surface area contributed by atoms with Crippen LogP contribution in [-0.4, -0.2) is 77.2 Å². The molecule has 29 heavy (non-hydrogen) atoms. The van der Waals surface area contributed by atoms with Crippen LogP contribution in [0.2, 0.25) is 0 Å². The summed E-state index contributed by atoms with van der Waals surface area (Å²) in [6, 6.07) is 6.45. The number of alkyl halides is 3. The Balaban J connectivity index is 0.00000300. The number of rotatable bonds is 5. The molecule has 2 aromatic rings. The van der Waals surface area contributed by atoms with Gasteiger partial charge in [-0.2, -0.15) is 13.2 Å². The summed E-state index contributed by atoms with van der Waals surface area (Å²) in [5, 5.41) is 3.24. The molecule has 2 heterocycles. The van der Waals surface area contributed by atoms with Crippen LogP contribution in [0.3, 0.4) is 0 Å². The lowest BCUT2D eigenvalue weighted by atomic mass is 10.2. The van der Waals surface area contributed by atoms with Crippen LogP contribution < -0.4 is 5.32 Å². The van der Waals surface area contributed by atoms with E-state index in [1.165, 1.54) is 11.8 Å². The van der Waals surface area contributed by atoms with Crippen molar-refractivity contribution < 1.29 is 13.2 Å². The van der Waals surface area contributed by atoms with E-state index in [0.29, 0.717) is 45.7 Å². The Bertz CT molecular complexity index is 766. The Morgan fingerprint density at radius 1 is 1.24 bits per heavy atom. The van der Waals surface area contributed by atoms with Gasteiger partial charge in [-0.15, -0.1) is 24.0 Å². The van der Waals surface area contributed by atoms with Crippen molar-refractivity contribution in [2.24, 2.45) is 4.99 Å². The van der Waals surface area contributed by atoms with Gasteiger partial charge in [-0.05, 0) is 26.0 Å². The number of para-hydroxylation sites is 2. The molecule has 1 aromatic heterocycles. The molecule has 1 fully saturated rings. The normalized spacial score (nSPS) is 17.3. The third kappa shape index (κ3) is 6.21. The number of guanidine groups is 1. The van der Waals surface area contributed by atoms with Gasteiger partial charge in [-0.1, -0.05) is 12.1 Å². The van der Waals surface area contributed by atoms with Crippen molar-refractivity contribution in [2.45, 2.75) is 32.5 Å². The Morgan fingerprint density at radius 2 is 1.93 bits per heavy atom. The first-order valence-corrected chi connectivity index (χ1v) is 9.66. The van der Waals surface area contributed by atoms with E-state index in [2.05, 4.69) is 20.3 Å². The molecule has 1 aromatic carbocycles. The first-order valence-electron chi connectivity index (χ1n) is 9.66. The standard InChI is InChI=1S/C19H27F3N6.HI/c1-3-23-18(28-12-10-27(11-13-28)14(2)19(20,21)22)24-9-8-17-25-15-6-4-5-7-16(15)26-17;/h4-7,14H,3,8-13H2,1-2H3,(H,23,24)(H,25,26);1H. The molecule has 1 atom stereocenters. The number of H-pyrrole nitrogens is 1. The zero-order valence-corrected chi connectivity index (χ0v) is 19.0. The first kappa shape index (κ1) is 23.7. The maximum Gasteiger partial charge on any atom is 0.403 e. The Kier molecular flexibility index (Phi) is 8.56. The van der Waals surface area contributed by atoms with Crippen LogP contribution in [0.15, 0.2) is 29.3 Å². The number of aliphatic imine (C=N–C) groups is 1. The highest BCUT2D eigenvalue weighted by atomic mass is 127. The topological polar surface area (TPSA) is 59.6 Å². The molecule has 0 spiro atoms. The highest BCUT2D eigenvalue weighted by molar-refractivity contribution is 14.0. The van der Waals surface area contributed by atoms with Gasteiger partial charge in [0, 0.05) is 45.7 Å².